The molecule has 0 radical (unpaired) electrons. The van der Waals surface area contributed by atoms with Crippen molar-refractivity contribution in [1.29, 1.82) is 0 Å². The average Bonchev–Trinajstić information content (AvgIpc) is 2.54. The van der Waals surface area contributed by atoms with Gasteiger partial charge in [0.1, 0.15) is 0 Å². The van der Waals surface area contributed by atoms with Gasteiger partial charge >= 0.3 is 0 Å². The predicted octanol–water partition coefficient (Wildman–Crippen LogP) is 8.48. The smallest absolute Gasteiger partial charge is 0.213 e. The molecule has 0 aliphatic carbocycles. The van der Waals surface area contributed by atoms with Gasteiger partial charge in [0.15, 0.2) is 0 Å². The van der Waals surface area contributed by atoms with Gasteiger partial charge in [0.05, 0.1) is 20.1 Å². The highest BCUT2D eigenvalue weighted by Gasteiger charge is 2.18. The fourth-order valence-corrected chi connectivity index (χ4v) is 3.78. The first-order valence-electron chi connectivity index (χ1n) is 6.73. The molecule has 8 heteroatoms. The molecule has 0 aliphatic rings. The minimum atomic E-state index is -0.699. The highest BCUT2D eigenvalue weighted by atomic mass is 35.5. The Kier molecular flexibility index (Phi) is 5.69. The lowest BCUT2D eigenvalue weighted by molar-refractivity contribution is 0.584. The van der Waals surface area contributed by atoms with Gasteiger partial charge in [-0.3, -0.25) is 0 Å². The lowest BCUT2D eigenvalue weighted by Crippen LogP contribution is -1.93. The summed E-state index contributed by atoms with van der Waals surface area (Å²) in [5.74, 6) is -0.699. The van der Waals surface area contributed by atoms with Crippen molar-refractivity contribution >= 4 is 69.6 Å². The fourth-order valence-electron chi connectivity index (χ4n) is 2.37. The van der Waals surface area contributed by atoms with Crippen LogP contribution in [-0.2, 0) is 0 Å². The van der Waals surface area contributed by atoms with Gasteiger partial charge in [-0.15, -0.1) is 0 Å². The highest BCUT2D eigenvalue weighted by molar-refractivity contribution is 6.46. The van der Waals surface area contributed by atoms with E-state index < -0.39 is 5.95 Å². The molecule has 128 valence electrons. The van der Waals surface area contributed by atoms with Crippen molar-refractivity contribution in [3.8, 4) is 22.3 Å². The fraction of sp³-hybridized carbons (Fsp3) is 0. The molecule has 0 aliphatic heterocycles. The summed E-state index contributed by atoms with van der Waals surface area (Å²) in [6.45, 7) is 0. The molecule has 0 atom stereocenters. The number of benzene rings is 2. The van der Waals surface area contributed by atoms with Crippen molar-refractivity contribution in [2.75, 3.05) is 0 Å². The van der Waals surface area contributed by atoms with Gasteiger partial charge in [-0.1, -0.05) is 69.6 Å². The summed E-state index contributed by atoms with van der Waals surface area (Å²) in [5, 5.41) is 1.70. The largest absolute Gasteiger partial charge is 0.228 e. The summed E-state index contributed by atoms with van der Waals surface area (Å²) >= 11 is 36.9. The molecule has 0 bridgehead atoms. The second-order valence-electron chi connectivity index (χ2n) is 5.05. The SMILES string of the molecule is Fc1cc(-c2cc(Cl)cc(Cl)c2Cl)c(-c2cc(Cl)cc(Cl)c2Cl)cn1. The van der Waals surface area contributed by atoms with Gasteiger partial charge in [-0.05, 0) is 29.8 Å². The molecule has 0 unspecified atom stereocenters. The molecular weight excluding hydrogens is 450 g/mol. The van der Waals surface area contributed by atoms with Gasteiger partial charge in [-0.25, -0.2) is 4.98 Å². The van der Waals surface area contributed by atoms with Crippen molar-refractivity contribution in [2.45, 2.75) is 0 Å². The molecule has 2 aromatic carbocycles. The van der Waals surface area contributed by atoms with Crippen LogP contribution in [0, 0.1) is 5.95 Å². The predicted molar refractivity (Wildman–Crippen MR) is 105 cm³/mol. The number of nitrogens with zero attached hydrogens (tertiary/aromatic N) is 1. The zero-order chi connectivity index (χ0) is 18.3. The van der Waals surface area contributed by atoms with Crippen LogP contribution in [0.25, 0.3) is 22.3 Å². The third kappa shape index (κ3) is 3.85. The molecule has 0 amide bonds. The lowest BCUT2D eigenvalue weighted by Gasteiger charge is -2.14. The number of hydrogen-bond donors (Lipinski definition) is 0. The Bertz CT molecular complexity index is 989. The van der Waals surface area contributed by atoms with E-state index in [0.29, 0.717) is 32.3 Å². The summed E-state index contributed by atoms with van der Waals surface area (Å²) in [7, 11) is 0. The molecule has 0 fully saturated rings. The molecule has 1 aromatic heterocycles. The Morgan fingerprint density at radius 2 is 1.08 bits per heavy atom. The minimum absolute atomic E-state index is 0.224. The zero-order valence-corrected chi connectivity index (χ0v) is 16.6. The molecular formula is C17H6Cl6FN. The maximum absolute atomic E-state index is 13.8. The van der Waals surface area contributed by atoms with Crippen LogP contribution in [0.2, 0.25) is 30.1 Å². The number of pyridine rings is 1. The minimum Gasteiger partial charge on any atom is -0.228 e. The summed E-state index contributed by atoms with van der Waals surface area (Å²) in [6, 6.07) is 7.40. The van der Waals surface area contributed by atoms with Crippen molar-refractivity contribution in [3.05, 3.63) is 72.6 Å². The quantitative estimate of drug-likeness (QED) is 0.279. The van der Waals surface area contributed by atoms with Crippen LogP contribution >= 0.6 is 69.6 Å². The molecule has 1 heterocycles. The van der Waals surface area contributed by atoms with Crippen LogP contribution in [0.15, 0.2) is 36.5 Å². The summed E-state index contributed by atoms with van der Waals surface area (Å²) in [5.41, 5.74) is 1.80. The van der Waals surface area contributed by atoms with Crippen molar-refractivity contribution in [1.82, 2.24) is 4.98 Å². The first kappa shape index (κ1) is 19.0. The van der Waals surface area contributed by atoms with E-state index in [1.807, 2.05) is 0 Å². The third-order valence-corrected chi connectivity index (χ3v) is 5.48. The first-order chi connectivity index (χ1) is 11.8. The van der Waals surface area contributed by atoms with Crippen LogP contribution in [0.4, 0.5) is 4.39 Å². The number of aromatic nitrogens is 1. The molecule has 0 saturated heterocycles. The number of halogens is 7. The molecule has 1 nitrogen and oxygen atoms in total. The van der Waals surface area contributed by atoms with E-state index >= 15 is 0 Å². The van der Waals surface area contributed by atoms with Crippen molar-refractivity contribution in [3.63, 3.8) is 0 Å². The number of hydrogen-bond acceptors (Lipinski definition) is 1. The lowest BCUT2D eigenvalue weighted by atomic mass is 9.96. The third-order valence-electron chi connectivity index (χ3n) is 3.44. The van der Waals surface area contributed by atoms with Gasteiger partial charge in [0, 0.05) is 39.0 Å². The van der Waals surface area contributed by atoms with Crippen molar-refractivity contribution < 1.29 is 4.39 Å². The molecule has 0 spiro atoms. The van der Waals surface area contributed by atoms with E-state index in [4.69, 9.17) is 69.6 Å². The van der Waals surface area contributed by atoms with Gasteiger partial charge < -0.3 is 0 Å². The number of rotatable bonds is 2. The van der Waals surface area contributed by atoms with Gasteiger partial charge in [0.2, 0.25) is 5.95 Å². The molecule has 3 rings (SSSR count). The Balaban J connectivity index is 2.36. The second-order valence-corrected chi connectivity index (χ2v) is 7.49. The summed E-state index contributed by atoms with van der Waals surface area (Å²) in [6.07, 6.45) is 1.32. The van der Waals surface area contributed by atoms with E-state index in [0.717, 1.165) is 0 Å². The van der Waals surface area contributed by atoms with Gasteiger partial charge in [-0.2, -0.15) is 4.39 Å². The topological polar surface area (TPSA) is 12.9 Å². The van der Waals surface area contributed by atoms with E-state index in [1.54, 1.807) is 12.1 Å². The molecule has 0 N–H and O–H groups in total. The normalized spacial score (nSPS) is 11.0. The van der Waals surface area contributed by atoms with Crippen LogP contribution in [0.5, 0.6) is 0 Å². The van der Waals surface area contributed by atoms with Crippen LogP contribution < -0.4 is 0 Å². The van der Waals surface area contributed by atoms with E-state index in [9.17, 15) is 4.39 Å². The first-order valence-corrected chi connectivity index (χ1v) is 9.00. The van der Waals surface area contributed by atoms with E-state index in [1.165, 1.54) is 24.4 Å². The van der Waals surface area contributed by atoms with Crippen LogP contribution in [0.1, 0.15) is 0 Å². The molecule has 3 aromatic rings. The van der Waals surface area contributed by atoms with Gasteiger partial charge in [0.25, 0.3) is 0 Å². The Morgan fingerprint density at radius 1 is 0.600 bits per heavy atom. The van der Waals surface area contributed by atoms with Crippen LogP contribution in [-0.4, -0.2) is 4.98 Å². The monoisotopic (exact) mass is 453 g/mol. The van der Waals surface area contributed by atoms with Crippen molar-refractivity contribution in [2.24, 2.45) is 0 Å². The zero-order valence-electron chi connectivity index (χ0n) is 12.1. The molecule has 25 heavy (non-hydrogen) atoms. The van der Waals surface area contributed by atoms with Crippen LogP contribution in [0.3, 0.4) is 0 Å². The standard InChI is InChI=1S/C17H6Cl6FN/c18-7-1-10(16(22)13(20)3-7)9-5-15(24)25-6-12(9)11-2-8(19)4-14(21)17(11)23/h1-6H. The second kappa shape index (κ2) is 7.48. The highest BCUT2D eigenvalue weighted by Crippen LogP contribution is 2.44. The molecule has 0 saturated carbocycles. The summed E-state index contributed by atoms with van der Waals surface area (Å²) in [4.78, 5) is 3.70. The maximum atomic E-state index is 13.8. The van der Waals surface area contributed by atoms with E-state index in [-0.39, 0.29) is 20.1 Å². The summed E-state index contributed by atoms with van der Waals surface area (Å²) < 4.78 is 13.8. The maximum Gasteiger partial charge on any atom is 0.213 e. The average molecular weight is 456 g/mol. The Morgan fingerprint density at radius 3 is 1.60 bits per heavy atom. The van der Waals surface area contributed by atoms with E-state index in [2.05, 4.69) is 4.98 Å². The Hall–Kier alpha value is -0.740. The Labute approximate surface area is 173 Å².